The van der Waals surface area contributed by atoms with E-state index in [0.29, 0.717) is 0 Å². The quantitative estimate of drug-likeness (QED) is 0.223. The molecule has 0 aromatic carbocycles. The van der Waals surface area contributed by atoms with Crippen LogP contribution in [0.1, 0.15) is 12.8 Å². The zero-order valence-corrected chi connectivity index (χ0v) is 16.4. The van der Waals surface area contributed by atoms with Gasteiger partial charge >= 0.3 is 72.9 Å². The third-order valence-corrected chi connectivity index (χ3v) is 1.27. The number of aliphatic hydroxyl groups is 1. The Morgan fingerprint density at radius 1 is 0.909 bits per heavy atom. The fourth-order valence-corrected chi connectivity index (χ4v) is 0.691. The van der Waals surface area contributed by atoms with Gasteiger partial charge in [0.15, 0.2) is 5.60 Å². The molecule has 0 aromatic rings. The predicted octanol–water partition coefficient (Wildman–Crippen LogP) is -12.5. The van der Waals surface area contributed by atoms with E-state index in [-0.39, 0.29) is 70.1 Å². The Morgan fingerprint density at radius 3 is 1.18 bits per heavy atom. The third-order valence-electron chi connectivity index (χ3n) is 1.27. The van der Waals surface area contributed by atoms with Crippen molar-refractivity contribution in [2.75, 3.05) is 0 Å². The number of aliphatic carboxylic acids is 3. The Labute approximate surface area is 167 Å². The van der Waals surface area contributed by atoms with Gasteiger partial charge in [0.25, 0.3) is 0 Å². The summed E-state index contributed by atoms with van der Waals surface area (Å²) in [5.41, 5.74) is -2.86. The second-order valence-corrected chi connectivity index (χ2v) is 3.97. The van der Waals surface area contributed by atoms with Crippen LogP contribution in [0.3, 0.4) is 0 Å². The first-order valence-electron chi connectivity index (χ1n) is 3.91. The fourth-order valence-electron chi connectivity index (χ4n) is 0.691. The van der Waals surface area contributed by atoms with E-state index in [2.05, 4.69) is 0 Å². The predicted molar refractivity (Wildman–Crippen MR) is 53.3 cm³/mol. The first-order chi connectivity index (χ1) is 7.78. The number of carboxylic acids is 3. The molecule has 0 aliphatic carbocycles. The smallest absolute Gasteiger partial charge is 0.550 e. The Balaban J connectivity index is -0.0000000627. The molecule has 0 fully saturated rings. The summed E-state index contributed by atoms with van der Waals surface area (Å²) in [5, 5.41) is 37.2. The van der Waals surface area contributed by atoms with Crippen molar-refractivity contribution >= 4 is 25.7 Å². The number of hydrogen-bond acceptors (Lipinski definition) is 7. The van der Waals surface area contributed by atoms with Crippen molar-refractivity contribution in [3.8, 4) is 0 Å². The summed E-state index contributed by atoms with van der Waals surface area (Å²) in [7, 11) is -4.64. The van der Waals surface area contributed by atoms with Crippen molar-refractivity contribution in [2.24, 2.45) is 0 Å². The molecule has 0 spiro atoms. The summed E-state index contributed by atoms with van der Waals surface area (Å²) in [4.78, 5) is 51.7. The van der Waals surface area contributed by atoms with Gasteiger partial charge in [0.2, 0.25) is 0 Å². The summed E-state index contributed by atoms with van der Waals surface area (Å²) >= 11 is 0. The molecule has 0 aromatic heterocycles. The summed E-state index contributed by atoms with van der Waals surface area (Å²) in [6.45, 7) is 0. The average molecular weight is 370 g/mol. The molecule has 13 nitrogen and oxygen atoms in total. The molecule has 0 saturated carbocycles. The van der Waals surface area contributed by atoms with Crippen LogP contribution in [0.2, 0.25) is 0 Å². The van der Waals surface area contributed by atoms with Crippen LogP contribution in [0.25, 0.3) is 0 Å². The molecule has 16 heteroatoms. The van der Waals surface area contributed by atoms with E-state index in [1.807, 2.05) is 0 Å². The molecule has 0 unspecified atom stereocenters. The summed E-state index contributed by atoms with van der Waals surface area (Å²) < 4.78 is 8.88. The second kappa shape index (κ2) is 16.3. The molecule has 0 rings (SSSR count). The number of carboxylic acid groups (broad SMARTS) is 3. The number of carbonyl (C=O) groups is 3. The number of phosphoric acid groups is 1. The second-order valence-electron chi connectivity index (χ2n) is 2.95. The molecule has 0 aliphatic heterocycles. The van der Waals surface area contributed by atoms with E-state index in [0.717, 1.165) is 0 Å². The molecule has 0 bridgehead atoms. The first kappa shape index (κ1) is 38.1. The molecular weight excluding hydrogens is 357 g/mol. The maximum atomic E-state index is 10.3. The van der Waals surface area contributed by atoms with Gasteiger partial charge in [-0.1, -0.05) is 0 Å². The summed E-state index contributed by atoms with van der Waals surface area (Å²) in [6, 6.07) is 0. The topological polar surface area (TPSA) is 279 Å². The molecule has 0 radical (unpaired) electrons. The minimum absolute atomic E-state index is 0. The van der Waals surface area contributed by atoms with Crippen LogP contribution in [0, 0.1) is 0 Å². The maximum Gasteiger partial charge on any atom is 1.00 e. The maximum absolute atomic E-state index is 10.3. The zero-order chi connectivity index (χ0) is 15.1. The van der Waals surface area contributed by atoms with Crippen LogP contribution >= 0.6 is 7.82 Å². The van der Waals surface area contributed by atoms with Crippen molar-refractivity contribution in [2.45, 2.75) is 18.4 Å². The van der Waals surface area contributed by atoms with Crippen LogP contribution in [-0.4, -0.2) is 59.4 Å². The zero-order valence-electron chi connectivity index (χ0n) is 11.5. The molecule has 0 amide bonds. The Bertz CT molecular complexity index is 354. The third kappa shape index (κ3) is 28.5. The molecule has 9 N–H and O–H groups in total. The first-order valence-corrected chi connectivity index (χ1v) is 5.48. The van der Waals surface area contributed by atoms with Gasteiger partial charge in [-0.15, -0.1) is 0 Å². The molecular formula is C6H13Na2O13P. The van der Waals surface area contributed by atoms with E-state index < -0.39 is 44.2 Å². The monoisotopic (exact) mass is 370 g/mol. The number of carbonyl (C=O) groups excluding carboxylic acids is 2. The minimum Gasteiger partial charge on any atom is -0.550 e. The van der Waals surface area contributed by atoms with Crippen molar-refractivity contribution in [3.05, 3.63) is 0 Å². The van der Waals surface area contributed by atoms with Gasteiger partial charge in [-0.3, -0.25) is 0 Å². The Hall–Kier alpha value is 0.400. The average Bonchev–Trinajstić information content (AvgIpc) is 1.95. The molecule has 0 heterocycles. The molecule has 0 atom stereocenters. The summed E-state index contributed by atoms with van der Waals surface area (Å²) in [6.07, 6.45) is -2.59. The minimum atomic E-state index is -4.64. The molecule has 0 saturated heterocycles. The van der Waals surface area contributed by atoms with Crippen LogP contribution in [0.5, 0.6) is 0 Å². The van der Waals surface area contributed by atoms with E-state index in [4.69, 9.17) is 29.5 Å². The van der Waals surface area contributed by atoms with Gasteiger partial charge in [-0.25, -0.2) is 9.36 Å². The van der Waals surface area contributed by atoms with Gasteiger partial charge in [-0.05, 0) is 0 Å². The van der Waals surface area contributed by atoms with Crippen molar-refractivity contribution in [1.82, 2.24) is 0 Å². The van der Waals surface area contributed by atoms with Gasteiger partial charge in [0, 0.05) is 24.8 Å². The van der Waals surface area contributed by atoms with Gasteiger partial charge < -0.3 is 55.6 Å². The standard InChI is InChI=1S/C6H8O7.2Na.H3O4P.2H2O/c7-3(8)1-6(13,5(11)12)2-4(9)10;;;1-5(2,3)4;;/h13H,1-2H2,(H,7,8)(H,9,10)(H,11,12);;;(H3,1,2,3,4);2*1H2/q;2*+1;;;/p-2. The summed E-state index contributed by atoms with van der Waals surface area (Å²) in [5.74, 6) is -5.65. The Morgan fingerprint density at radius 2 is 1.09 bits per heavy atom. The van der Waals surface area contributed by atoms with E-state index >= 15 is 0 Å². The molecule has 122 valence electrons. The normalized spacial score (nSPS) is 9.09. The van der Waals surface area contributed by atoms with E-state index in [1.165, 1.54) is 0 Å². The SMILES string of the molecule is O.O.O=C([O-])CC(O)(CC(=O)[O-])C(=O)O.O=P(O)(O)O.[Na+].[Na+]. The number of rotatable bonds is 5. The van der Waals surface area contributed by atoms with Gasteiger partial charge in [0.05, 0.1) is 0 Å². The Kier molecular flexibility index (Phi) is 28.2. The molecule has 0 aliphatic rings. The van der Waals surface area contributed by atoms with E-state index in [9.17, 15) is 24.6 Å². The van der Waals surface area contributed by atoms with Crippen LogP contribution in [0.4, 0.5) is 0 Å². The largest absolute Gasteiger partial charge is 1.00 e. The van der Waals surface area contributed by atoms with E-state index in [1.54, 1.807) is 0 Å². The van der Waals surface area contributed by atoms with Crippen LogP contribution in [0.15, 0.2) is 0 Å². The van der Waals surface area contributed by atoms with Crippen LogP contribution in [-0.2, 0) is 18.9 Å². The van der Waals surface area contributed by atoms with Crippen molar-refractivity contribution in [1.29, 1.82) is 0 Å². The van der Waals surface area contributed by atoms with Crippen molar-refractivity contribution in [3.63, 3.8) is 0 Å². The van der Waals surface area contributed by atoms with Crippen molar-refractivity contribution < 1.29 is 124 Å². The molecule has 22 heavy (non-hydrogen) atoms. The van der Waals surface area contributed by atoms with Crippen LogP contribution < -0.4 is 69.3 Å². The van der Waals surface area contributed by atoms with Gasteiger partial charge in [-0.2, -0.15) is 0 Å². The number of hydrogen-bond donors (Lipinski definition) is 5. The van der Waals surface area contributed by atoms with Gasteiger partial charge in [0.1, 0.15) is 0 Å². The fraction of sp³-hybridized carbons (Fsp3) is 0.500.